The average molecular weight is 405 g/mol. The molecule has 156 valence electrons. The Labute approximate surface area is 165 Å². The van der Waals surface area contributed by atoms with Crippen molar-refractivity contribution in [2.45, 2.75) is 65.2 Å². The molecular formula is C17H32N4O5S. The van der Waals surface area contributed by atoms with E-state index in [0.717, 1.165) is 0 Å². The lowest BCUT2D eigenvalue weighted by molar-refractivity contribution is -0.144. The van der Waals surface area contributed by atoms with Crippen molar-refractivity contribution >= 4 is 36.3 Å². The molecule has 0 aromatic rings. The summed E-state index contributed by atoms with van der Waals surface area (Å²) in [4.78, 5) is 48.2. The first-order valence-electron chi connectivity index (χ1n) is 8.96. The number of carbonyl (C=O) groups excluding carboxylic acids is 3. The molecule has 0 saturated carbocycles. The Kier molecular flexibility index (Phi) is 11.0. The predicted octanol–water partition coefficient (Wildman–Crippen LogP) is -0.495. The van der Waals surface area contributed by atoms with Crippen molar-refractivity contribution in [1.29, 1.82) is 0 Å². The van der Waals surface area contributed by atoms with Gasteiger partial charge >= 0.3 is 5.97 Å². The van der Waals surface area contributed by atoms with E-state index in [-0.39, 0.29) is 17.6 Å². The number of carboxylic acids is 1. The second kappa shape index (κ2) is 11.8. The number of hydrogen-bond donors (Lipinski definition) is 6. The zero-order valence-corrected chi connectivity index (χ0v) is 17.4. The molecule has 9 nitrogen and oxygen atoms in total. The molecule has 0 bridgehead atoms. The van der Waals surface area contributed by atoms with E-state index in [1.807, 2.05) is 6.92 Å². The standard InChI is InChI=1S/C17H32N4O5S/c1-6-9(4)13(17(25)26)21-16(24)12(8(2)3)20-15(23)11(7-27)19-14(22)10(5)18/h8-13,27H,6-7,18H2,1-5H3,(H,19,22)(H,20,23)(H,21,24)(H,25,26). The van der Waals surface area contributed by atoms with Gasteiger partial charge < -0.3 is 26.8 Å². The molecule has 0 spiro atoms. The molecule has 0 radical (unpaired) electrons. The Morgan fingerprint density at radius 2 is 1.44 bits per heavy atom. The van der Waals surface area contributed by atoms with Gasteiger partial charge in [-0.3, -0.25) is 14.4 Å². The van der Waals surface area contributed by atoms with Gasteiger partial charge in [0.05, 0.1) is 6.04 Å². The normalized spacial score (nSPS) is 16.6. The van der Waals surface area contributed by atoms with E-state index in [1.165, 1.54) is 6.92 Å². The smallest absolute Gasteiger partial charge is 0.326 e. The molecule has 5 unspecified atom stereocenters. The van der Waals surface area contributed by atoms with E-state index in [0.29, 0.717) is 6.42 Å². The highest BCUT2D eigenvalue weighted by molar-refractivity contribution is 7.80. The number of nitrogens with one attached hydrogen (secondary N) is 3. The van der Waals surface area contributed by atoms with Crippen LogP contribution in [-0.2, 0) is 19.2 Å². The van der Waals surface area contributed by atoms with Crippen molar-refractivity contribution in [2.75, 3.05) is 5.75 Å². The van der Waals surface area contributed by atoms with E-state index in [9.17, 15) is 24.3 Å². The third kappa shape index (κ3) is 8.17. The number of rotatable bonds is 11. The lowest BCUT2D eigenvalue weighted by Crippen LogP contribution is -2.59. The van der Waals surface area contributed by atoms with Gasteiger partial charge in [-0.2, -0.15) is 12.6 Å². The molecule has 0 aliphatic heterocycles. The molecule has 0 aliphatic rings. The molecule has 0 aliphatic carbocycles. The summed E-state index contributed by atoms with van der Waals surface area (Å²) in [6, 6.07) is -3.78. The quantitative estimate of drug-likeness (QED) is 0.256. The molecule has 0 heterocycles. The zero-order chi connectivity index (χ0) is 21.3. The molecule has 0 aromatic carbocycles. The number of thiol groups is 1. The predicted molar refractivity (Wildman–Crippen MR) is 105 cm³/mol. The van der Waals surface area contributed by atoms with Crippen LogP contribution in [0.4, 0.5) is 0 Å². The maximum atomic E-state index is 12.6. The first kappa shape index (κ1) is 25.2. The van der Waals surface area contributed by atoms with E-state index >= 15 is 0 Å². The van der Waals surface area contributed by atoms with Crippen molar-refractivity contribution in [3.63, 3.8) is 0 Å². The van der Waals surface area contributed by atoms with Crippen molar-refractivity contribution in [3.8, 4) is 0 Å². The monoisotopic (exact) mass is 404 g/mol. The fourth-order valence-corrected chi connectivity index (χ4v) is 2.47. The van der Waals surface area contributed by atoms with Crippen molar-refractivity contribution in [2.24, 2.45) is 17.6 Å². The van der Waals surface area contributed by atoms with Gasteiger partial charge in [0.25, 0.3) is 0 Å². The summed E-state index contributed by atoms with van der Waals surface area (Å²) in [6.45, 7) is 8.48. The van der Waals surface area contributed by atoms with Crippen LogP contribution in [0.2, 0.25) is 0 Å². The highest BCUT2D eigenvalue weighted by Crippen LogP contribution is 2.10. The van der Waals surface area contributed by atoms with E-state index in [1.54, 1.807) is 20.8 Å². The summed E-state index contributed by atoms with van der Waals surface area (Å²) < 4.78 is 0. The largest absolute Gasteiger partial charge is 0.480 e. The highest BCUT2D eigenvalue weighted by atomic mass is 32.1. The van der Waals surface area contributed by atoms with Gasteiger partial charge in [0.2, 0.25) is 17.7 Å². The van der Waals surface area contributed by atoms with Crippen LogP contribution in [-0.4, -0.2) is 58.7 Å². The number of nitrogens with two attached hydrogens (primary N) is 1. The van der Waals surface area contributed by atoms with Gasteiger partial charge in [-0.25, -0.2) is 4.79 Å². The average Bonchev–Trinajstić information content (AvgIpc) is 2.59. The van der Waals surface area contributed by atoms with Crippen LogP contribution in [0.1, 0.15) is 41.0 Å². The molecule has 5 atom stereocenters. The molecule has 10 heteroatoms. The first-order chi connectivity index (χ1) is 12.5. The number of carboxylic acid groups (broad SMARTS) is 1. The van der Waals surface area contributed by atoms with Crippen LogP contribution in [0, 0.1) is 11.8 Å². The molecule has 0 rings (SSSR count). The highest BCUT2D eigenvalue weighted by Gasteiger charge is 2.32. The molecule has 6 N–H and O–H groups in total. The van der Waals surface area contributed by atoms with Crippen LogP contribution in [0.25, 0.3) is 0 Å². The third-order valence-electron chi connectivity index (χ3n) is 4.25. The lowest BCUT2D eigenvalue weighted by Gasteiger charge is -2.27. The summed E-state index contributed by atoms with van der Waals surface area (Å²) in [7, 11) is 0. The van der Waals surface area contributed by atoms with E-state index < -0.39 is 47.9 Å². The third-order valence-corrected chi connectivity index (χ3v) is 4.62. The Morgan fingerprint density at radius 1 is 0.926 bits per heavy atom. The maximum Gasteiger partial charge on any atom is 0.326 e. The van der Waals surface area contributed by atoms with Gasteiger partial charge in [-0.15, -0.1) is 0 Å². The van der Waals surface area contributed by atoms with E-state index in [4.69, 9.17) is 5.73 Å². The van der Waals surface area contributed by atoms with Crippen LogP contribution < -0.4 is 21.7 Å². The summed E-state index contributed by atoms with van der Waals surface area (Å²) in [5, 5.41) is 16.8. The molecule has 0 fully saturated rings. The fourth-order valence-electron chi connectivity index (χ4n) is 2.21. The Hall–Kier alpha value is -1.81. The Balaban J connectivity index is 5.20. The minimum atomic E-state index is -1.14. The van der Waals surface area contributed by atoms with Crippen LogP contribution in [0.5, 0.6) is 0 Å². The van der Waals surface area contributed by atoms with Crippen LogP contribution in [0.3, 0.4) is 0 Å². The van der Waals surface area contributed by atoms with Gasteiger partial charge in [-0.05, 0) is 18.8 Å². The number of amides is 3. The topological polar surface area (TPSA) is 151 Å². The van der Waals surface area contributed by atoms with Crippen molar-refractivity contribution in [1.82, 2.24) is 16.0 Å². The first-order valence-corrected chi connectivity index (χ1v) is 9.59. The van der Waals surface area contributed by atoms with Gasteiger partial charge in [0.15, 0.2) is 0 Å². The second-order valence-electron chi connectivity index (χ2n) is 6.97. The summed E-state index contributed by atoms with van der Waals surface area (Å²) >= 11 is 4.05. The fraction of sp³-hybridized carbons (Fsp3) is 0.765. The molecule has 27 heavy (non-hydrogen) atoms. The van der Waals surface area contributed by atoms with Crippen LogP contribution >= 0.6 is 12.6 Å². The number of carbonyl (C=O) groups is 4. The SMILES string of the molecule is CCC(C)C(NC(=O)C(NC(=O)C(CS)NC(=O)C(C)N)C(C)C)C(=O)O. The van der Waals surface area contributed by atoms with Crippen molar-refractivity contribution in [3.05, 3.63) is 0 Å². The number of aliphatic carboxylic acids is 1. The summed E-state index contributed by atoms with van der Waals surface area (Å²) in [6.07, 6.45) is 0.570. The van der Waals surface area contributed by atoms with Gasteiger partial charge in [-0.1, -0.05) is 34.1 Å². The maximum absolute atomic E-state index is 12.6. The Bertz CT molecular complexity index is 541. The minimum absolute atomic E-state index is 0.0152. The molecule has 3 amide bonds. The van der Waals surface area contributed by atoms with Crippen LogP contribution in [0.15, 0.2) is 0 Å². The van der Waals surface area contributed by atoms with Gasteiger partial charge in [0.1, 0.15) is 18.1 Å². The molecular weight excluding hydrogens is 372 g/mol. The lowest BCUT2D eigenvalue weighted by atomic mass is 9.97. The minimum Gasteiger partial charge on any atom is -0.480 e. The van der Waals surface area contributed by atoms with Crippen molar-refractivity contribution < 1.29 is 24.3 Å². The molecule has 0 saturated heterocycles. The summed E-state index contributed by atoms with van der Waals surface area (Å²) in [5.74, 6) is -3.40. The number of hydrogen-bond acceptors (Lipinski definition) is 6. The molecule has 0 aromatic heterocycles. The van der Waals surface area contributed by atoms with E-state index in [2.05, 4.69) is 28.6 Å². The van der Waals surface area contributed by atoms with Gasteiger partial charge in [0, 0.05) is 5.75 Å². The second-order valence-corrected chi connectivity index (χ2v) is 7.34. The Morgan fingerprint density at radius 3 is 1.81 bits per heavy atom. The summed E-state index contributed by atoms with van der Waals surface area (Å²) in [5.41, 5.74) is 5.47. The zero-order valence-electron chi connectivity index (χ0n) is 16.5.